The molecule has 18 heavy (non-hydrogen) atoms. The quantitative estimate of drug-likeness (QED) is 0.688. The van der Waals surface area contributed by atoms with E-state index in [9.17, 15) is 9.90 Å². The van der Waals surface area contributed by atoms with Crippen LogP contribution in [0.25, 0.3) is 0 Å². The van der Waals surface area contributed by atoms with E-state index in [1.165, 1.54) is 4.57 Å². The predicted molar refractivity (Wildman–Crippen MR) is 76.9 cm³/mol. The Balaban J connectivity index is 2.54. The van der Waals surface area contributed by atoms with Gasteiger partial charge in [0.1, 0.15) is 0 Å². The molecule has 1 heterocycles. The molecular formula is C11H16Br2N2O3. The van der Waals surface area contributed by atoms with Crippen LogP contribution >= 0.6 is 31.9 Å². The summed E-state index contributed by atoms with van der Waals surface area (Å²) in [5, 5.41) is 12.9. The maximum atomic E-state index is 11.8. The third kappa shape index (κ3) is 5.19. The molecule has 7 heteroatoms. The minimum Gasteiger partial charge on any atom is -0.390 e. The van der Waals surface area contributed by atoms with Gasteiger partial charge in [0, 0.05) is 30.9 Å². The van der Waals surface area contributed by atoms with Crippen LogP contribution in [0.1, 0.15) is 0 Å². The summed E-state index contributed by atoms with van der Waals surface area (Å²) in [6.45, 7) is 1.93. The van der Waals surface area contributed by atoms with Crippen LogP contribution < -0.4 is 10.9 Å². The average molecular weight is 384 g/mol. The number of pyridine rings is 1. The fourth-order valence-corrected chi connectivity index (χ4v) is 2.69. The lowest BCUT2D eigenvalue weighted by atomic mass is 10.3. The van der Waals surface area contributed by atoms with E-state index in [2.05, 4.69) is 37.2 Å². The SMILES string of the molecule is COCCNCC(O)Cn1cc(Br)cc(Br)c1=O. The molecule has 102 valence electrons. The van der Waals surface area contributed by atoms with Crippen LogP contribution in [0.15, 0.2) is 26.0 Å². The van der Waals surface area contributed by atoms with Gasteiger partial charge in [-0.2, -0.15) is 0 Å². The van der Waals surface area contributed by atoms with E-state index in [-0.39, 0.29) is 12.1 Å². The Bertz CT molecular complexity index is 437. The molecule has 0 aliphatic carbocycles. The molecule has 1 aromatic heterocycles. The summed E-state index contributed by atoms with van der Waals surface area (Å²) >= 11 is 6.49. The van der Waals surface area contributed by atoms with Gasteiger partial charge in [-0.05, 0) is 37.9 Å². The number of aromatic nitrogens is 1. The third-order valence-electron chi connectivity index (χ3n) is 2.28. The second-order valence-electron chi connectivity index (χ2n) is 3.81. The van der Waals surface area contributed by atoms with Crippen molar-refractivity contribution in [3.8, 4) is 0 Å². The van der Waals surface area contributed by atoms with Crippen LogP contribution in [-0.4, -0.2) is 42.6 Å². The molecule has 1 unspecified atom stereocenters. The van der Waals surface area contributed by atoms with Crippen molar-refractivity contribution in [3.63, 3.8) is 0 Å². The van der Waals surface area contributed by atoms with Crippen LogP contribution in [0.4, 0.5) is 0 Å². The first-order chi connectivity index (χ1) is 8.54. The van der Waals surface area contributed by atoms with E-state index in [1.54, 1.807) is 19.4 Å². The monoisotopic (exact) mass is 382 g/mol. The fraction of sp³-hybridized carbons (Fsp3) is 0.545. The Morgan fingerprint density at radius 2 is 2.28 bits per heavy atom. The molecule has 2 N–H and O–H groups in total. The third-order valence-corrected chi connectivity index (χ3v) is 3.28. The lowest BCUT2D eigenvalue weighted by Gasteiger charge is -2.14. The highest BCUT2D eigenvalue weighted by Crippen LogP contribution is 2.12. The summed E-state index contributed by atoms with van der Waals surface area (Å²) < 4.78 is 7.60. The van der Waals surface area contributed by atoms with Crippen LogP contribution in [-0.2, 0) is 11.3 Å². The Kier molecular flexibility index (Phi) is 7.10. The van der Waals surface area contributed by atoms with Gasteiger partial charge < -0.3 is 19.7 Å². The summed E-state index contributed by atoms with van der Waals surface area (Å²) in [6.07, 6.45) is 1.03. The number of aliphatic hydroxyl groups is 1. The summed E-state index contributed by atoms with van der Waals surface area (Å²) in [5.74, 6) is 0. The number of hydrogen-bond donors (Lipinski definition) is 2. The largest absolute Gasteiger partial charge is 0.390 e. The zero-order valence-corrected chi connectivity index (χ0v) is 13.2. The highest BCUT2D eigenvalue weighted by molar-refractivity contribution is 9.11. The molecule has 1 rings (SSSR count). The van der Waals surface area contributed by atoms with E-state index in [1.807, 2.05) is 0 Å². The lowest BCUT2D eigenvalue weighted by molar-refractivity contribution is 0.142. The predicted octanol–water partition coefficient (Wildman–Crippen LogP) is 0.970. The first-order valence-corrected chi connectivity index (χ1v) is 7.06. The minimum absolute atomic E-state index is 0.158. The highest BCUT2D eigenvalue weighted by atomic mass is 79.9. The molecule has 0 amide bonds. The van der Waals surface area contributed by atoms with Gasteiger partial charge >= 0.3 is 0 Å². The van der Waals surface area contributed by atoms with E-state index in [4.69, 9.17) is 4.74 Å². The second-order valence-corrected chi connectivity index (χ2v) is 5.58. The average Bonchev–Trinajstić information content (AvgIpc) is 2.31. The zero-order valence-electron chi connectivity index (χ0n) is 10.0. The van der Waals surface area contributed by atoms with E-state index in [0.717, 1.165) is 4.47 Å². The Morgan fingerprint density at radius 3 is 2.94 bits per heavy atom. The van der Waals surface area contributed by atoms with Crippen molar-refractivity contribution in [2.24, 2.45) is 0 Å². The van der Waals surface area contributed by atoms with Crippen molar-refractivity contribution in [1.82, 2.24) is 9.88 Å². The van der Waals surface area contributed by atoms with Crippen molar-refractivity contribution in [2.45, 2.75) is 12.6 Å². The standard InChI is InChI=1S/C11H16Br2N2O3/c1-18-3-2-14-5-9(16)7-15-6-8(12)4-10(13)11(15)17/h4,6,9,14,16H,2-3,5,7H2,1H3. The van der Waals surface area contributed by atoms with Gasteiger partial charge in [-0.25, -0.2) is 0 Å². The minimum atomic E-state index is -0.624. The molecule has 0 saturated carbocycles. The smallest absolute Gasteiger partial charge is 0.264 e. The van der Waals surface area contributed by atoms with Crippen molar-refractivity contribution < 1.29 is 9.84 Å². The van der Waals surface area contributed by atoms with Gasteiger partial charge in [0.25, 0.3) is 5.56 Å². The summed E-state index contributed by atoms with van der Waals surface area (Å²) in [7, 11) is 1.62. The van der Waals surface area contributed by atoms with Gasteiger partial charge in [0.2, 0.25) is 0 Å². The molecule has 0 bridgehead atoms. The molecule has 0 radical (unpaired) electrons. The van der Waals surface area contributed by atoms with Gasteiger partial charge in [0.15, 0.2) is 0 Å². The Morgan fingerprint density at radius 1 is 1.56 bits per heavy atom. The molecule has 1 aromatic rings. The van der Waals surface area contributed by atoms with Crippen molar-refractivity contribution in [1.29, 1.82) is 0 Å². The lowest BCUT2D eigenvalue weighted by Crippen LogP contribution is -2.35. The maximum Gasteiger partial charge on any atom is 0.264 e. The topological polar surface area (TPSA) is 63.5 Å². The fourth-order valence-electron chi connectivity index (χ4n) is 1.43. The molecule has 0 aliphatic rings. The zero-order chi connectivity index (χ0) is 13.5. The number of rotatable bonds is 7. The summed E-state index contributed by atoms with van der Waals surface area (Å²) in [4.78, 5) is 11.8. The number of nitrogens with one attached hydrogen (secondary N) is 1. The number of aliphatic hydroxyl groups excluding tert-OH is 1. The summed E-state index contributed by atoms with van der Waals surface area (Å²) in [5.41, 5.74) is -0.158. The molecule has 0 fully saturated rings. The number of methoxy groups -OCH3 is 1. The van der Waals surface area contributed by atoms with Gasteiger partial charge in [-0.3, -0.25) is 4.79 Å². The molecule has 0 spiro atoms. The van der Waals surface area contributed by atoms with Crippen molar-refractivity contribution >= 4 is 31.9 Å². The van der Waals surface area contributed by atoms with Crippen molar-refractivity contribution in [3.05, 3.63) is 31.6 Å². The molecule has 0 aromatic carbocycles. The van der Waals surface area contributed by atoms with Crippen molar-refractivity contribution in [2.75, 3.05) is 26.8 Å². The van der Waals surface area contributed by atoms with Gasteiger partial charge in [0.05, 0.1) is 23.7 Å². The molecule has 5 nitrogen and oxygen atoms in total. The van der Waals surface area contributed by atoms with Crippen LogP contribution in [0.3, 0.4) is 0 Å². The van der Waals surface area contributed by atoms with Crippen LogP contribution in [0, 0.1) is 0 Å². The maximum absolute atomic E-state index is 11.8. The molecule has 1 atom stereocenters. The van der Waals surface area contributed by atoms with E-state index < -0.39 is 6.10 Å². The molecule has 0 aliphatic heterocycles. The van der Waals surface area contributed by atoms with Gasteiger partial charge in [-0.1, -0.05) is 0 Å². The summed E-state index contributed by atoms with van der Waals surface area (Å²) in [6, 6.07) is 1.68. The normalized spacial score (nSPS) is 12.7. The van der Waals surface area contributed by atoms with Crippen LogP contribution in [0.5, 0.6) is 0 Å². The van der Waals surface area contributed by atoms with Crippen LogP contribution in [0.2, 0.25) is 0 Å². The number of ether oxygens (including phenoxy) is 1. The molecular weight excluding hydrogens is 368 g/mol. The second kappa shape index (κ2) is 8.06. The first-order valence-electron chi connectivity index (χ1n) is 5.47. The number of halogens is 2. The van der Waals surface area contributed by atoms with E-state index in [0.29, 0.717) is 24.2 Å². The highest BCUT2D eigenvalue weighted by Gasteiger charge is 2.08. The van der Waals surface area contributed by atoms with Gasteiger partial charge in [-0.15, -0.1) is 0 Å². The first kappa shape index (κ1) is 15.8. The van der Waals surface area contributed by atoms with E-state index >= 15 is 0 Å². The Labute approximate surface area is 122 Å². The number of nitrogens with zero attached hydrogens (tertiary/aromatic N) is 1. The number of hydrogen-bond acceptors (Lipinski definition) is 4. The Hall–Kier alpha value is -0.210. The molecule has 0 saturated heterocycles.